The third-order valence-corrected chi connectivity index (χ3v) is 7.91. The lowest BCUT2D eigenvalue weighted by atomic mass is 9.79. The standard InChI is InChI=1S/C26H37ClN4O2.ClH/c1-3-4-11-31(26(33)21-5-6-22-23(27)17-28-24(22)16-21)18-25(32)30-14-9-20(10-15-30)19-7-12-29(2)13-8-19;/h5-6,16-17,19-20,28H,3-4,7-15,18H2,1-2H3;1H. The number of amides is 2. The van der Waals surface area contributed by atoms with E-state index in [-0.39, 0.29) is 30.8 Å². The summed E-state index contributed by atoms with van der Waals surface area (Å²) in [7, 11) is 2.20. The molecule has 188 valence electrons. The lowest BCUT2D eigenvalue weighted by Gasteiger charge is -2.39. The molecule has 0 aliphatic carbocycles. The van der Waals surface area contributed by atoms with Crippen molar-refractivity contribution in [1.82, 2.24) is 19.7 Å². The van der Waals surface area contributed by atoms with Crippen molar-refractivity contribution in [3.05, 3.63) is 35.0 Å². The minimum absolute atomic E-state index is 0. The second-order valence-corrected chi connectivity index (χ2v) is 10.2. The fourth-order valence-corrected chi connectivity index (χ4v) is 5.61. The molecule has 2 fully saturated rings. The van der Waals surface area contributed by atoms with E-state index < -0.39 is 0 Å². The van der Waals surface area contributed by atoms with Crippen LogP contribution < -0.4 is 0 Å². The molecule has 3 heterocycles. The van der Waals surface area contributed by atoms with E-state index in [1.165, 1.54) is 25.9 Å². The summed E-state index contributed by atoms with van der Waals surface area (Å²) in [6, 6.07) is 5.51. The quantitative estimate of drug-likeness (QED) is 0.567. The van der Waals surface area contributed by atoms with Gasteiger partial charge in [0.15, 0.2) is 0 Å². The maximum Gasteiger partial charge on any atom is 0.254 e. The van der Waals surface area contributed by atoms with Gasteiger partial charge in [0, 0.05) is 42.3 Å². The number of aromatic nitrogens is 1. The fourth-order valence-electron chi connectivity index (χ4n) is 5.39. The number of nitrogens with one attached hydrogen (secondary N) is 1. The molecule has 8 heteroatoms. The number of carbonyl (C=O) groups excluding carboxylic acids is 2. The minimum Gasteiger partial charge on any atom is -0.360 e. The second-order valence-electron chi connectivity index (χ2n) is 9.84. The Morgan fingerprint density at radius 2 is 1.74 bits per heavy atom. The van der Waals surface area contributed by atoms with E-state index >= 15 is 0 Å². The van der Waals surface area contributed by atoms with Crippen molar-refractivity contribution < 1.29 is 9.59 Å². The smallest absolute Gasteiger partial charge is 0.254 e. The van der Waals surface area contributed by atoms with Gasteiger partial charge in [-0.1, -0.05) is 31.0 Å². The van der Waals surface area contributed by atoms with Crippen LogP contribution in [-0.2, 0) is 4.79 Å². The Balaban J connectivity index is 0.00000324. The Labute approximate surface area is 214 Å². The summed E-state index contributed by atoms with van der Waals surface area (Å²) in [5, 5.41) is 1.54. The molecule has 2 aliphatic rings. The van der Waals surface area contributed by atoms with Gasteiger partial charge in [0.1, 0.15) is 6.54 Å². The Hall–Kier alpha value is -1.76. The van der Waals surface area contributed by atoms with Gasteiger partial charge in [0.25, 0.3) is 5.91 Å². The largest absolute Gasteiger partial charge is 0.360 e. The number of halogens is 2. The van der Waals surface area contributed by atoms with Gasteiger partial charge in [0.2, 0.25) is 5.91 Å². The van der Waals surface area contributed by atoms with Gasteiger partial charge in [-0.3, -0.25) is 9.59 Å². The number of unbranched alkanes of at least 4 members (excludes halogenated alkanes) is 1. The van der Waals surface area contributed by atoms with E-state index in [9.17, 15) is 9.59 Å². The first-order valence-electron chi connectivity index (χ1n) is 12.5. The van der Waals surface area contributed by atoms with Crippen molar-refractivity contribution in [2.24, 2.45) is 11.8 Å². The third kappa shape index (κ3) is 6.27. The Morgan fingerprint density at radius 3 is 2.38 bits per heavy atom. The van der Waals surface area contributed by atoms with Crippen molar-refractivity contribution in [1.29, 1.82) is 0 Å². The molecule has 0 unspecified atom stereocenters. The molecule has 2 saturated heterocycles. The van der Waals surface area contributed by atoms with Crippen LogP contribution >= 0.6 is 24.0 Å². The molecular formula is C26H38Cl2N4O2. The van der Waals surface area contributed by atoms with Crippen molar-refractivity contribution in [3.8, 4) is 0 Å². The van der Waals surface area contributed by atoms with E-state index in [2.05, 4.69) is 23.9 Å². The van der Waals surface area contributed by atoms with Gasteiger partial charge in [-0.25, -0.2) is 0 Å². The van der Waals surface area contributed by atoms with Gasteiger partial charge in [-0.05, 0) is 76.2 Å². The van der Waals surface area contributed by atoms with E-state index in [1.54, 1.807) is 17.2 Å². The number of fused-ring (bicyclic) bond motifs is 1. The molecule has 2 aromatic rings. The monoisotopic (exact) mass is 508 g/mol. The molecule has 0 atom stereocenters. The van der Waals surface area contributed by atoms with Crippen LogP contribution in [0.1, 0.15) is 55.8 Å². The average Bonchev–Trinajstić information content (AvgIpc) is 3.21. The summed E-state index contributed by atoms with van der Waals surface area (Å²) >= 11 is 6.18. The molecule has 1 N–H and O–H groups in total. The fraction of sp³-hybridized carbons (Fsp3) is 0.615. The van der Waals surface area contributed by atoms with Crippen LogP contribution in [0.15, 0.2) is 24.4 Å². The SMILES string of the molecule is CCCCN(CC(=O)N1CCC(C2CCN(C)CC2)CC1)C(=O)c1ccc2c(Cl)c[nH]c2c1.Cl. The third-order valence-electron chi connectivity index (χ3n) is 7.60. The number of H-pyrrole nitrogens is 1. The lowest BCUT2D eigenvalue weighted by molar-refractivity contribution is -0.133. The van der Waals surface area contributed by atoms with E-state index in [0.717, 1.165) is 61.5 Å². The van der Waals surface area contributed by atoms with Crippen LogP contribution in [0, 0.1) is 11.8 Å². The second kappa shape index (κ2) is 12.3. The van der Waals surface area contributed by atoms with Gasteiger partial charge >= 0.3 is 0 Å². The Morgan fingerprint density at radius 1 is 1.09 bits per heavy atom. The molecule has 2 amide bonds. The maximum atomic E-state index is 13.3. The number of piperidine rings is 2. The van der Waals surface area contributed by atoms with Gasteiger partial charge in [-0.15, -0.1) is 12.4 Å². The molecule has 1 aromatic carbocycles. The molecule has 4 rings (SSSR count). The number of nitrogens with zero attached hydrogens (tertiary/aromatic N) is 3. The van der Waals surface area contributed by atoms with Crippen LogP contribution in [0.4, 0.5) is 0 Å². The van der Waals surface area contributed by atoms with Crippen LogP contribution in [0.25, 0.3) is 10.9 Å². The van der Waals surface area contributed by atoms with Crippen molar-refractivity contribution in [2.45, 2.75) is 45.4 Å². The zero-order chi connectivity index (χ0) is 23.4. The van der Waals surface area contributed by atoms with Crippen molar-refractivity contribution in [3.63, 3.8) is 0 Å². The van der Waals surface area contributed by atoms with Gasteiger partial charge in [-0.2, -0.15) is 0 Å². The number of benzene rings is 1. The highest BCUT2D eigenvalue weighted by atomic mass is 35.5. The molecule has 0 spiro atoms. The maximum absolute atomic E-state index is 13.3. The van der Waals surface area contributed by atoms with Crippen LogP contribution in [0.2, 0.25) is 5.02 Å². The van der Waals surface area contributed by atoms with Crippen LogP contribution in [-0.4, -0.2) is 77.8 Å². The van der Waals surface area contributed by atoms with Crippen LogP contribution in [0.3, 0.4) is 0 Å². The zero-order valence-electron chi connectivity index (χ0n) is 20.4. The highest BCUT2D eigenvalue weighted by Gasteiger charge is 2.31. The summed E-state index contributed by atoms with van der Waals surface area (Å²) in [4.78, 5) is 35.7. The minimum atomic E-state index is -0.0920. The predicted octanol–water partition coefficient (Wildman–Crippen LogP) is 5.07. The lowest BCUT2D eigenvalue weighted by Crippen LogP contribution is -2.47. The molecule has 0 radical (unpaired) electrons. The summed E-state index contributed by atoms with van der Waals surface area (Å²) in [5.41, 5.74) is 1.43. The van der Waals surface area contributed by atoms with Gasteiger partial charge < -0.3 is 19.7 Å². The number of carbonyl (C=O) groups is 2. The number of aromatic amines is 1. The molecule has 0 saturated carbocycles. The molecule has 34 heavy (non-hydrogen) atoms. The molecule has 0 bridgehead atoms. The van der Waals surface area contributed by atoms with Gasteiger partial charge in [0.05, 0.1) is 5.02 Å². The number of hydrogen-bond donors (Lipinski definition) is 1. The van der Waals surface area contributed by atoms with E-state index in [0.29, 0.717) is 17.1 Å². The molecule has 2 aliphatic heterocycles. The molecule has 6 nitrogen and oxygen atoms in total. The summed E-state index contributed by atoms with van der Waals surface area (Å²) < 4.78 is 0. The predicted molar refractivity (Wildman–Crippen MR) is 141 cm³/mol. The first-order chi connectivity index (χ1) is 16.0. The Bertz CT molecular complexity index is 963. The zero-order valence-corrected chi connectivity index (χ0v) is 22.0. The van der Waals surface area contributed by atoms with E-state index in [1.807, 2.05) is 17.0 Å². The number of likely N-dealkylation sites (tertiary alicyclic amines) is 2. The summed E-state index contributed by atoms with van der Waals surface area (Å²) in [6.07, 6.45) is 8.34. The van der Waals surface area contributed by atoms with Crippen molar-refractivity contribution in [2.75, 3.05) is 46.3 Å². The van der Waals surface area contributed by atoms with E-state index in [4.69, 9.17) is 11.6 Å². The van der Waals surface area contributed by atoms with Crippen molar-refractivity contribution >= 4 is 46.7 Å². The molecular weight excluding hydrogens is 471 g/mol. The number of hydrogen-bond acceptors (Lipinski definition) is 3. The summed E-state index contributed by atoms with van der Waals surface area (Å²) in [5.74, 6) is 1.52. The average molecular weight is 510 g/mol. The first kappa shape index (κ1) is 26.8. The Kier molecular flexibility index (Phi) is 9.69. The summed E-state index contributed by atoms with van der Waals surface area (Å²) in [6.45, 7) is 6.87. The highest BCUT2D eigenvalue weighted by molar-refractivity contribution is 6.35. The first-order valence-corrected chi connectivity index (χ1v) is 12.9. The number of rotatable bonds is 7. The molecule has 1 aromatic heterocycles. The highest BCUT2D eigenvalue weighted by Crippen LogP contribution is 2.32. The van der Waals surface area contributed by atoms with Crippen LogP contribution in [0.5, 0.6) is 0 Å². The topological polar surface area (TPSA) is 59.7 Å². The normalized spacial score (nSPS) is 18.1.